The predicted octanol–water partition coefficient (Wildman–Crippen LogP) is 1.97. The van der Waals surface area contributed by atoms with Crippen LogP contribution in [-0.4, -0.2) is 82.8 Å². The number of benzene rings is 1. The average Bonchev–Trinajstić information content (AvgIpc) is 3.56. The van der Waals surface area contributed by atoms with Crippen LogP contribution in [0.4, 0.5) is 0 Å². The van der Waals surface area contributed by atoms with E-state index in [1.54, 1.807) is 46.1 Å². The van der Waals surface area contributed by atoms with Crippen molar-refractivity contribution in [3.63, 3.8) is 0 Å². The number of carbonyl (C=O) groups is 2. The number of pyridine rings is 1. The van der Waals surface area contributed by atoms with Gasteiger partial charge in [0.2, 0.25) is 11.8 Å². The number of amides is 2. The molecule has 13 heteroatoms. The Kier molecular flexibility index (Phi) is 7.61. The van der Waals surface area contributed by atoms with Crippen LogP contribution in [0.25, 0.3) is 0 Å². The number of fused-ring (bicyclic) bond motifs is 5. The molecule has 38 heavy (non-hydrogen) atoms. The summed E-state index contributed by atoms with van der Waals surface area (Å²) in [5, 5.41) is 11.7. The third-order valence-corrected chi connectivity index (χ3v) is 6.66. The van der Waals surface area contributed by atoms with Crippen LogP contribution in [-0.2, 0) is 17.9 Å². The molecule has 1 aromatic carbocycles. The van der Waals surface area contributed by atoms with Crippen LogP contribution in [0.5, 0.6) is 17.5 Å². The van der Waals surface area contributed by atoms with Gasteiger partial charge >= 0.3 is 0 Å². The Balaban J connectivity index is 1.41. The van der Waals surface area contributed by atoms with Crippen LogP contribution in [0, 0.1) is 0 Å². The van der Waals surface area contributed by atoms with E-state index < -0.39 is 12.1 Å². The Morgan fingerprint density at radius 2 is 2.05 bits per heavy atom. The number of nitrogens with zero attached hydrogens (tertiary/aromatic N) is 5. The van der Waals surface area contributed by atoms with Crippen molar-refractivity contribution in [3.8, 4) is 17.5 Å². The SMILES string of the molecule is COc1ccc(C(=O)N2C[C@@H]3NC(=O)c4ccc(Cl)c(c4)OCCCn4cc(nn4)CO[C@H]3C2)c(OC)n1. The number of rotatable bonds is 3. The van der Waals surface area contributed by atoms with Crippen LogP contribution >= 0.6 is 11.6 Å². The third-order valence-electron chi connectivity index (χ3n) is 6.35. The van der Waals surface area contributed by atoms with Gasteiger partial charge in [0.05, 0.1) is 50.8 Å². The van der Waals surface area contributed by atoms with Crippen LogP contribution in [0.3, 0.4) is 0 Å². The Morgan fingerprint density at radius 1 is 1.18 bits per heavy atom. The molecule has 5 rings (SSSR count). The fourth-order valence-corrected chi connectivity index (χ4v) is 4.57. The molecule has 1 saturated heterocycles. The zero-order chi connectivity index (χ0) is 26.6. The molecule has 4 bridgehead atoms. The largest absolute Gasteiger partial charge is 0.492 e. The van der Waals surface area contributed by atoms with Gasteiger partial charge in [-0.1, -0.05) is 16.8 Å². The lowest BCUT2D eigenvalue weighted by atomic mass is 10.1. The van der Waals surface area contributed by atoms with E-state index in [4.69, 9.17) is 30.5 Å². The summed E-state index contributed by atoms with van der Waals surface area (Å²) in [6.07, 6.45) is 1.97. The predicted molar refractivity (Wildman–Crippen MR) is 135 cm³/mol. The Labute approximate surface area is 223 Å². The fourth-order valence-electron chi connectivity index (χ4n) is 4.40. The molecule has 2 aromatic heterocycles. The highest BCUT2D eigenvalue weighted by molar-refractivity contribution is 6.32. The van der Waals surface area contributed by atoms with Gasteiger partial charge < -0.3 is 29.2 Å². The van der Waals surface area contributed by atoms with E-state index in [1.807, 2.05) is 0 Å². The first-order valence-corrected chi connectivity index (χ1v) is 12.4. The molecule has 0 unspecified atom stereocenters. The zero-order valence-corrected chi connectivity index (χ0v) is 21.7. The highest BCUT2D eigenvalue weighted by Crippen LogP contribution is 2.27. The van der Waals surface area contributed by atoms with Crippen molar-refractivity contribution in [2.45, 2.75) is 31.7 Å². The number of hydrogen-bond acceptors (Lipinski definition) is 9. The lowest BCUT2D eigenvalue weighted by Gasteiger charge is -2.20. The molecule has 2 aliphatic rings. The minimum Gasteiger partial charge on any atom is -0.492 e. The molecular weight excluding hydrogens is 516 g/mol. The lowest BCUT2D eigenvalue weighted by Crippen LogP contribution is -2.44. The quantitative estimate of drug-likeness (QED) is 0.528. The van der Waals surface area contributed by atoms with Crippen LogP contribution in [0.1, 0.15) is 32.8 Å². The minimum atomic E-state index is -0.499. The number of carbonyl (C=O) groups excluding carboxylic acids is 2. The van der Waals surface area contributed by atoms with E-state index in [1.165, 1.54) is 14.2 Å². The first-order valence-electron chi connectivity index (χ1n) is 12.1. The van der Waals surface area contributed by atoms with Crippen molar-refractivity contribution in [2.24, 2.45) is 0 Å². The fraction of sp³-hybridized carbons (Fsp3) is 0.400. The van der Waals surface area contributed by atoms with Crippen LogP contribution < -0.4 is 19.5 Å². The van der Waals surface area contributed by atoms with Gasteiger partial charge in [-0.05, 0) is 24.3 Å². The number of likely N-dealkylation sites (tertiary alicyclic amines) is 1. The maximum Gasteiger partial charge on any atom is 0.259 e. The Hall–Kier alpha value is -3.90. The number of halogens is 1. The van der Waals surface area contributed by atoms with Gasteiger partial charge in [0, 0.05) is 37.7 Å². The molecule has 1 N–H and O–H groups in total. The topological polar surface area (TPSA) is 130 Å². The Bertz CT molecular complexity index is 1330. The summed E-state index contributed by atoms with van der Waals surface area (Å²) in [4.78, 5) is 32.5. The lowest BCUT2D eigenvalue weighted by molar-refractivity contribution is 0.0290. The molecule has 12 nitrogen and oxygen atoms in total. The second-order valence-corrected chi connectivity index (χ2v) is 9.28. The van der Waals surface area contributed by atoms with Crippen molar-refractivity contribution >= 4 is 23.4 Å². The molecule has 0 aliphatic carbocycles. The molecule has 3 aromatic rings. The van der Waals surface area contributed by atoms with E-state index in [0.717, 1.165) is 0 Å². The highest BCUT2D eigenvalue weighted by atomic mass is 35.5. The summed E-state index contributed by atoms with van der Waals surface area (Å²) < 4.78 is 24.2. The number of hydrogen-bond donors (Lipinski definition) is 1. The van der Waals surface area contributed by atoms with E-state index in [-0.39, 0.29) is 43.0 Å². The van der Waals surface area contributed by atoms with E-state index >= 15 is 0 Å². The van der Waals surface area contributed by atoms with Gasteiger partial charge in [0.25, 0.3) is 11.8 Å². The van der Waals surface area contributed by atoms with Crippen molar-refractivity contribution < 1.29 is 28.5 Å². The van der Waals surface area contributed by atoms with E-state index in [9.17, 15) is 9.59 Å². The highest BCUT2D eigenvalue weighted by Gasteiger charge is 2.38. The summed E-state index contributed by atoms with van der Waals surface area (Å²) in [5.74, 6) is 0.257. The second kappa shape index (κ2) is 11.2. The molecule has 2 amide bonds. The van der Waals surface area contributed by atoms with E-state index in [2.05, 4.69) is 20.6 Å². The number of nitrogens with one attached hydrogen (secondary N) is 1. The molecule has 200 valence electrons. The first-order chi connectivity index (χ1) is 18.4. The van der Waals surface area contributed by atoms with Crippen molar-refractivity contribution in [2.75, 3.05) is 33.9 Å². The monoisotopic (exact) mass is 542 g/mol. The standard InChI is InChI=1S/C25H27ClN6O6/c1-35-22-7-5-17(24(28-22)36-2)25(34)31-12-19-21(13-31)38-14-16-11-32(30-29-16)8-3-9-37-20-10-15(23(33)27-19)4-6-18(20)26/h4-7,10-11,19,21H,3,8-9,12-14H2,1-2H3,(H,27,33)/t19-,21-/m0/s1. The maximum absolute atomic E-state index is 13.5. The smallest absolute Gasteiger partial charge is 0.259 e. The van der Waals surface area contributed by atoms with E-state index in [0.29, 0.717) is 47.5 Å². The summed E-state index contributed by atoms with van der Waals surface area (Å²) in [6, 6.07) is 7.56. The van der Waals surface area contributed by atoms with Gasteiger partial charge in [-0.25, -0.2) is 0 Å². The van der Waals surface area contributed by atoms with Gasteiger partial charge in [-0.3, -0.25) is 14.3 Å². The maximum atomic E-state index is 13.5. The Morgan fingerprint density at radius 3 is 2.87 bits per heavy atom. The summed E-state index contributed by atoms with van der Waals surface area (Å²) in [7, 11) is 2.92. The number of aromatic nitrogens is 4. The first kappa shape index (κ1) is 25.7. The summed E-state index contributed by atoms with van der Waals surface area (Å²) in [5.41, 5.74) is 1.31. The normalized spacial score (nSPS) is 19.8. The molecule has 1 fully saturated rings. The molecule has 0 saturated carbocycles. The number of aryl methyl sites for hydroxylation is 1. The number of methoxy groups -OCH3 is 2. The molecule has 0 radical (unpaired) electrons. The average molecular weight is 543 g/mol. The third kappa shape index (κ3) is 5.50. The van der Waals surface area contributed by atoms with Gasteiger partial charge in [0.1, 0.15) is 17.0 Å². The van der Waals surface area contributed by atoms with Crippen LogP contribution in [0.2, 0.25) is 5.02 Å². The number of ether oxygens (including phenoxy) is 4. The van der Waals surface area contributed by atoms with Crippen LogP contribution in [0.15, 0.2) is 36.5 Å². The van der Waals surface area contributed by atoms with Gasteiger partial charge in [0.15, 0.2) is 0 Å². The van der Waals surface area contributed by atoms with Gasteiger partial charge in [-0.2, -0.15) is 4.98 Å². The van der Waals surface area contributed by atoms with Crippen molar-refractivity contribution in [1.29, 1.82) is 0 Å². The molecule has 2 atom stereocenters. The van der Waals surface area contributed by atoms with Crippen molar-refractivity contribution in [3.05, 3.63) is 58.4 Å². The molecule has 0 spiro atoms. The minimum absolute atomic E-state index is 0.148. The molecule has 2 aliphatic heterocycles. The second-order valence-electron chi connectivity index (χ2n) is 8.87. The molecule has 4 heterocycles. The van der Waals surface area contributed by atoms with Crippen molar-refractivity contribution in [1.82, 2.24) is 30.2 Å². The zero-order valence-electron chi connectivity index (χ0n) is 20.9. The van der Waals surface area contributed by atoms with Gasteiger partial charge in [-0.15, -0.1) is 5.10 Å². The molecular formula is C25H27ClN6O6. The summed E-state index contributed by atoms with van der Waals surface area (Å²) in [6.45, 7) is 1.61. The summed E-state index contributed by atoms with van der Waals surface area (Å²) >= 11 is 6.29.